The summed E-state index contributed by atoms with van der Waals surface area (Å²) in [6, 6.07) is 5.57. The minimum atomic E-state index is -0.999. The van der Waals surface area contributed by atoms with Crippen molar-refractivity contribution in [3.63, 3.8) is 0 Å². The topological polar surface area (TPSA) is 57.6 Å². The Morgan fingerprint density at radius 1 is 1.33 bits per heavy atom. The lowest BCUT2D eigenvalue weighted by atomic mass is 10.0. The number of rotatable bonds is 6. The van der Waals surface area contributed by atoms with Gasteiger partial charge in [0.05, 0.1) is 0 Å². The maximum Gasteiger partial charge on any atom is 0.328 e. The molecule has 0 aliphatic heterocycles. The highest BCUT2D eigenvalue weighted by Crippen LogP contribution is 2.16. The molecule has 4 heteroatoms. The van der Waals surface area contributed by atoms with Crippen molar-refractivity contribution in [2.24, 2.45) is 0 Å². The molecule has 0 fully saturated rings. The van der Waals surface area contributed by atoms with E-state index in [2.05, 4.69) is 6.92 Å². The van der Waals surface area contributed by atoms with Crippen molar-refractivity contribution in [3.05, 3.63) is 41.0 Å². The van der Waals surface area contributed by atoms with Gasteiger partial charge in [-0.05, 0) is 56.5 Å². The van der Waals surface area contributed by atoms with Gasteiger partial charge in [0.15, 0.2) is 0 Å². The van der Waals surface area contributed by atoms with Crippen LogP contribution in [-0.4, -0.2) is 34.5 Å². The van der Waals surface area contributed by atoms with E-state index in [-0.39, 0.29) is 11.9 Å². The number of carbonyl (C=O) groups is 2. The lowest BCUT2D eigenvalue weighted by Gasteiger charge is -2.27. The molecule has 0 bridgehead atoms. The van der Waals surface area contributed by atoms with E-state index in [0.717, 1.165) is 23.6 Å². The lowest BCUT2D eigenvalue weighted by molar-refractivity contribution is -0.131. The molecule has 0 heterocycles. The van der Waals surface area contributed by atoms with Crippen molar-refractivity contribution in [1.29, 1.82) is 0 Å². The first-order chi connectivity index (χ1) is 9.90. The molecule has 0 saturated heterocycles. The summed E-state index contributed by atoms with van der Waals surface area (Å²) in [7, 11) is 0. The lowest BCUT2D eigenvalue weighted by Crippen LogP contribution is -2.38. The standard InChI is InChI=1S/C17H23NO3/c1-5-13(4)18(6-2)17(21)15-8-7-12(3)14(11-15)9-10-16(19)20/h7-11,13H,5-6H2,1-4H3,(H,19,20)/b10-9+. The van der Waals surface area contributed by atoms with E-state index in [1.807, 2.05) is 31.7 Å². The number of carbonyl (C=O) groups excluding carboxylic acids is 1. The fraction of sp³-hybridized carbons (Fsp3) is 0.412. The number of nitrogens with zero attached hydrogens (tertiary/aromatic N) is 1. The first-order valence-electron chi connectivity index (χ1n) is 7.23. The molecular weight excluding hydrogens is 266 g/mol. The second-order valence-electron chi connectivity index (χ2n) is 5.09. The number of aryl methyl sites for hydroxylation is 1. The van der Waals surface area contributed by atoms with E-state index in [9.17, 15) is 9.59 Å². The van der Waals surface area contributed by atoms with Crippen molar-refractivity contribution in [1.82, 2.24) is 4.90 Å². The van der Waals surface area contributed by atoms with E-state index >= 15 is 0 Å². The van der Waals surface area contributed by atoms with Crippen LogP contribution in [0.1, 0.15) is 48.7 Å². The molecule has 1 aromatic carbocycles. The van der Waals surface area contributed by atoms with Gasteiger partial charge in [0.1, 0.15) is 0 Å². The number of amides is 1. The van der Waals surface area contributed by atoms with Crippen LogP contribution < -0.4 is 0 Å². The maximum atomic E-state index is 12.6. The molecule has 0 aliphatic carbocycles. The number of hydrogen-bond acceptors (Lipinski definition) is 2. The van der Waals surface area contributed by atoms with Crippen molar-refractivity contribution in [2.45, 2.75) is 40.2 Å². The zero-order valence-corrected chi connectivity index (χ0v) is 13.1. The van der Waals surface area contributed by atoms with Gasteiger partial charge in [0.25, 0.3) is 5.91 Å². The molecule has 0 radical (unpaired) electrons. The monoisotopic (exact) mass is 289 g/mol. The van der Waals surface area contributed by atoms with Crippen molar-refractivity contribution < 1.29 is 14.7 Å². The zero-order chi connectivity index (χ0) is 16.0. The molecule has 1 N–H and O–H groups in total. The Balaban J connectivity index is 3.11. The molecule has 21 heavy (non-hydrogen) atoms. The van der Waals surface area contributed by atoms with Gasteiger partial charge in [0.2, 0.25) is 0 Å². The summed E-state index contributed by atoms with van der Waals surface area (Å²) in [4.78, 5) is 25.0. The Morgan fingerprint density at radius 2 is 2.00 bits per heavy atom. The first kappa shape index (κ1) is 17.0. The van der Waals surface area contributed by atoms with Gasteiger partial charge in [-0.25, -0.2) is 4.79 Å². The number of carboxylic acids is 1. The van der Waals surface area contributed by atoms with E-state index in [4.69, 9.17) is 5.11 Å². The molecule has 0 aromatic heterocycles. The smallest absolute Gasteiger partial charge is 0.328 e. The average Bonchev–Trinajstić information content (AvgIpc) is 2.46. The van der Waals surface area contributed by atoms with Crippen LogP contribution in [0.3, 0.4) is 0 Å². The van der Waals surface area contributed by atoms with Gasteiger partial charge in [0, 0.05) is 24.2 Å². The van der Waals surface area contributed by atoms with Crippen molar-refractivity contribution in [3.8, 4) is 0 Å². The van der Waals surface area contributed by atoms with Gasteiger partial charge in [-0.3, -0.25) is 4.79 Å². The molecular formula is C17H23NO3. The highest BCUT2D eigenvalue weighted by molar-refractivity contribution is 5.95. The molecule has 1 aromatic rings. The Kier molecular flexibility index (Phi) is 6.15. The van der Waals surface area contributed by atoms with Crippen LogP contribution in [0, 0.1) is 6.92 Å². The molecule has 0 saturated carbocycles. The maximum absolute atomic E-state index is 12.6. The third-order valence-corrected chi connectivity index (χ3v) is 3.66. The number of aliphatic carboxylic acids is 1. The second kappa shape index (κ2) is 7.62. The summed E-state index contributed by atoms with van der Waals surface area (Å²) in [5.74, 6) is -1.02. The highest BCUT2D eigenvalue weighted by atomic mass is 16.4. The molecule has 1 atom stereocenters. The summed E-state index contributed by atoms with van der Waals surface area (Å²) < 4.78 is 0. The van der Waals surface area contributed by atoms with Crippen LogP contribution in [-0.2, 0) is 4.79 Å². The SMILES string of the molecule is CCC(C)N(CC)C(=O)c1ccc(C)c(/C=C/C(=O)O)c1. The van der Waals surface area contributed by atoms with Gasteiger partial charge in [-0.1, -0.05) is 13.0 Å². The van der Waals surface area contributed by atoms with Gasteiger partial charge >= 0.3 is 5.97 Å². The Bertz CT molecular complexity index is 549. The first-order valence-corrected chi connectivity index (χ1v) is 7.23. The summed E-state index contributed by atoms with van der Waals surface area (Å²) in [6.45, 7) is 8.59. The van der Waals surface area contributed by atoms with Crippen LogP contribution in [0.5, 0.6) is 0 Å². The van der Waals surface area contributed by atoms with Gasteiger partial charge in [-0.2, -0.15) is 0 Å². The molecule has 1 rings (SSSR count). The van der Waals surface area contributed by atoms with E-state index in [1.165, 1.54) is 6.08 Å². The molecule has 4 nitrogen and oxygen atoms in total. The minimum absolute atomic E-state index is 0.0168. The molecule has 114 valence electrons. The fourth-order valence-electron chi connectivity index (χ4n) is 2.16. The number of carboxylic acid groups (broad SMARTS) is 1. The third-order valence-electron chi connectivity index (χ3n) is 3.66. The van der Waals surface area contributed by atoms with E-state index < -0.39 is 5.97 Å². The minimum Gasteiger partial charge on any atom is -0.478 e. The molecule has 0 spiro atoms. The Morgan fingerprint density at radius 3 is 2.52 bits per heavy atom. The summed E-state index contributed by atoms with van der Waals surface area (Å²) in [5, 5.41) is 8.71. The highest BCUT2D eigenvalue weighted by Gasteiger charge is 2.19. The second-order valence-corrected chi connectivity index (χ2v) is 5.09. The van der Waals surface area contributed by atoms with Crippen molar-refractivity contribution in [2.75, 3.05) is 6.54 Å². The largest absolute Gasteiger partial charge is 0.478 e. The Hall–Kier alpha value is -2.10. The third kappa shape index (κ3) is 4.45. The van der Waals surface area contributed by atoms with Crippen molar-refractivity contribution >= 4 is 18.0 Å². The summed E-state index contributed by atoms with van der Waals surface area (Å²) in [6.07, 6.45) is 3.51. The Labute approximate surface area is 126 Å². The molecule has 0 aliphatic rings. The van der Waals surface area contributed by atoms with Crippen LogP contribution in [0.4, 0.5) is 0 Å². The van der Waals surface area contributed by atoms with Gasteiger partial charge in [-0.15, -0.1) is 0 Å². The fourth-order valence-corrected chi connectivity index (χ4v) is 2.16. The molecule has 1 unspecified atom stereocenters. The van der Waals surface area contributed by atoms with E-state index in [0.29, 0.717) is 12.1 Å². The van der Waals surface area contributed by atoms with E-state index in [1.54, 1.807) is 12.1 Å². The van der Waals surface area contributed by atoms with Crippen LogP contribution >= 0.6 is 0 Å². The van der Waals surface area contributed by atoms with Gasteiger partial charge < -0.3 is 10.0 Å². The van der Waals surface area contributed by atoms with Crippen LogP contribution in [0.2, 0.25) is 0 Å². The van der Waals surface area contributed by atoms with Crippen LogP contribution in [0.15, 0.2) is 24.3 Å². The number of hydrogen-bond donors (Lipinski definition) is 1. The summed E-state index contributed by atoms with van der Waals surface area (Å²) >= 11 is 0. The predicted molar refractivity (Wildman–Crippen MR) is 84.3 cm³/mol. The molecule has 1 amide bonds. The number of benzene rings is 1. The predicted octanol–water partition coefficient (Wildman–Crippen LogP) is 3.35. The summed E-state index contributed by atoms with van der Waals surface area (Å²) in [5.41, 5.74) is 2.28. The average molecular weight is 289 g/mol. The van der Waals surface area contributed by atoms with Crippen LogP contribution in [0.25, 0.3) is 6.08 Å². The zero-order valence-electron chi connectivity index (χ0n) is 13.1. The normalized spacial score (nSPS) is 12.4. The quantitative estimate of drug-likeness (QED) is 0.817.